The Morgan fingerprint density at radius 1 is 1.47 bits per heavy atom. The summed E-state index contributed by atoms with van der Waals surface area (Å²) in [6, 6.07) is 4.46. The summed E-state index contributed by atoms with van der Waals surface area (Å²) in [5, 5.41) is 13.5. The van der Waals surface area contributed by atoms with Crippen molar-refractivity contribution in [1.82, 2.24) is 14.8 Å². The lowest BCUT2D eigenvalue weighted by atomic mass is 10.1. The van der Waals surface area contributed by atoms with Gasteiger partial charge in [-0.15, -0.1) is 0 Å². The van der Waals surface area contributed by atoms with Crippen LogP contribution in [-0.2, 0) is 12.8 Å². The summed E-state index contributed by atoms with van der Waals surface area (Å²) in [5.41, 5.74) is 1.49. The normalized spacial score (nSPS) is 10.1. The minimum Gasteiger partial charge on any atom is -0.384 e. The van der Waals surface area contributed by atoms with E-state index >= 15 is 0 Å². The highest BCUT2D eigenvalue weighted by atomic mass is 32.2. The van der Waals surface area contributed by atoms with Gasteiger partial charge in [0.25, 0.3) is 0 Å². The van der Waals surface area contributed by atoms with Gasteiger partial charge in [0.1, 0.15) is 18.8 Å². The number of aliphatic hydroxyl groups is 1. The maximum atomic E-state index is 13.2. The van der Waals surface area contributed by atoms with Crippen LogP contribution in [0.2, 0.25) is 0 Å². The van der Waals surface area contributed by atoms with Crippen LogP contribution < -0.4 is 0 Å². The predicted molar refractivity (Wildman–Crippen MR) is 70.9 cm³/mol. The van der Waals surface area contributed by atoms with Crippen molar-refractivity contribution in [2.75, 3.05) is 6.61 Å². The highest BCUT2D eigenvalue weighted by molar-refractivity contribution is 7.98. The third-order valence-corrected chi connectivity index (χ3v) is 3.48. The Morgan fingerprint density at radius 2 is 2.32 bits per heavy atom. The van der Waals surface area contributed by atoms with Crippen molar-refractivity contribution in [3.8, 4) is 11.8 Å². The second-order valence-corrected chi connectivity index (χ2v) is 4.66. The highest BCUT2D eigenvalue weighted by Crippen LogP contribution is 2.22. The fourth-order valence-corrected chi connectivity index (χ4v) is 2.38. The van der Waals surface area contributed by atoms with E-state index in [1.165, 1.54) is 30.2 Å². The van der Waals surface area contributed by atoms with Crippen LogP contribution in [0, 0.1) is 17.7 Å². The number of benzene rings is 1. The van der Waals surface area contributed by atoms with E-state index in [0.29, 0.717) is 11.3 Å². The smallest absolute Gasteiger partial charge is 0.186 e. The average Bonchev–Trinajstić information content (AvgIpc) is 2.81. The first-order valence-corrected chi connectivity index (χ1v) is 6.54. The molecule has 0 radical (unpaired) electrons. The van der Waals surface area contributed by atoms with Gasteiger partial charge in [0.15, 0.2) is 5.16 Å². The number of halogens is 1. The number of rotatable bonds is 3. The number of hydrogen-bond donors (Lipinski definition) is 1. The van der Waals surface area contributed by atoms with Crippen molar-refractivity contribution >= 4 is 11.8 Å². The molecule has 0 aliphatic rings. The van der Waals surface area contributed by atoms with Crippen LogP contribution in [-0.4, -0.2) is 26.5 Å². The minimum absolute atomic E-state index is 0.244. The molecular formula is C13H12FN3OS. The first-order valence-electron chi connectivity index (χ1n) is 5.55. The van der Waals surface area contributed by atoms with Gasteiger partial charge in [-0.25, -0.2) is 14.1 Å². The number of aliphatic hydroxyl groups excluding tert-OH is 1. The molecule has 0 saturated heterocycles. The molecule has 0 aliphatic carbocycles. The summed E-state index contributed by atoms with van der Waals surface area (Å²) in [6.07, 6.45) is 1.49. The van der Waals surface area contributed by atoms with E-state index in [9.17, 15) is 4.39 Å². The van der Waals surface area contributed by atoms with Gasteiger partial charge < -0.3 is 5.11 Å². The Balaban J connectivity index is 2.17. The van der Waals surface area contributed by atoms with Gasteiger partial charge in [0, 0.05) is 18.4 Å². The minimum atomic E-state index is -0.338. The van der Waals surface area contributed by atoms with Crippen molar-refractivity contribution in [3.05, 3.63) is 41.5 Å². The lowest BCUT2D eigenvalue weighted by molar-refractivity contribution is 0.350. The quantitative estimate of drug-likeness (QED) is 0.684. The second-order valence-electron chi connectivity index (χ2n) is 3.72. The molecule has 19 heavy (non-hydrogen) atoms. The number of thioether (sulfide) groups is 1. The number of hydrogen-bond acceptors (Lipinski definition) is 4. The van der Waals surface area contributed by atoms with Gasteiger partial charge in [0.05, 0.1) is 0 Å². The maximum Gasteiger partial charge on any atom is 0.186 e. The summed E-state index contributed by atoms with van der Waals surface area (Å²) in [5.74, 6) is 5.56. The Morgan fingerprint density at radius 3 is 3.00 bits per heavy atom. The largest absolute Gasteiger partial charge is 0.384 e. The van der Waals surface area contributed by atoms with E-state index in [1.807, 2.05) is 7.05 Å². The SMILES string of the molecule is Cn1ncnc1SCc1ccc(F)cc1C#CCO. The van der Waals surface area contributed by atoms with Crippen LogP contribution in [0.5, 0.6) is 0 Å². The topological polar surface area (TPSA) is 50.9 Å². The van der Waals surface area contributed by atoms with E-state index in [2.05, 4.69) is 21.9 Å². The first-order chi connectivity index (χ1) is 9.20. The third kappa shape index (κ3) is 3.56. The Hall–Kier alpha value is -1.84. The van der Waals surface area contributed by atoms with E-state index < -0.39 is 0 Å². The molecular weight excluding hydrogens is 265 g/mol. The Bertz CT molecular complexity index is 630. The van der Waals surface area contributed by atoms with Crippen molar-refractivity contribution in [2.45, 2.75) is 10.9 Å². The van der Waals surface area contributed by atoms with E-state index in [-0.39, 0.29) is 12.4 Å². The van der Waals surface area contributed by atoms with Crippen LogP contribution in [0.4, 0.5) is 4.39 Å². The van der Waals surface area contributed by atoms with E-state index in [0.717, 1.165) is 10.7 Å². The zero-order valence-corrected chi connectivity index (χ0v) is 11.1. The second kappa shape index (κ2) is 6.36. The van der Waals surface area contributed by atoms with Crippen molar-refractivity contribution in [2.24, 2.45) is 7.05 Å². The molecule has 0 amide bonds. The van der Waals surface area contributed by atoms with Crippen molar-refractivity contribution in [1.29, 1.82) is 0 Å². The molecule has 2 aromatic rings. The van der Waals surface area contributed by atoms with Gasteiger partial charge in [-0.2, -0.15) is 5.10 Å². The molecule has 1 aromatic carbocycles. The lowest BCUT2D eigenvalue weighted by Crippen LogP contribution is -1.95. The van der Waals surface area contributed by atoms with E-state index in [4.69, 9.17) is 5.11 Å². The van der Waals surface area contributed by atoms with Gasteiger partial charge >= 0.3 is 0 Å². The molecule has 4 nitrogen and oxygen atoms in total. The molecule has 0 aliphatic heterocycles. The van der Waals surface area contributed by atoms with E-state index in [1.54, 1.807) is 10.7 Å². The van der Waals surface area contributed by atoms with Crippen LogP contribution in [0.1, 0.15) is 11.1 Å². The van der Waals surface area contributed by atoms with Crippen LogP contribution >= 0.6 is 11.8 Å². The average molecular weight is 277 g/mol. The highest BCUT2D eigenvalue weighted by Gasteiger charge is 2.06. The fraction of sp³-hybridized carbons (Fsp3) is 0.231. The molecule has 0 atom stereocenters. The maximum absolute atomic E-state index is 13.2. The summed E-state index contributed by atoms with van der Waals surface area (Å²) in [4.78, 5) is 4.10. The molecule has 1 aromatic heterocycles. The van der Waals surface area contributed by atoms with Crippen LogP contribution in [0.15, 0.2) is 29.7 Å². The zero-order chi connectivity index (χ0) is 13.7. The molecule has 2 rings (SSSR count). The number of nitrogens with zero attached hydrogens (tertiary/aromatic N) is 3. The molecule has 0 fully saturated rings. The monoisotopic (exact) mass is 277 g/mol. The first kappa shape index (κ1) is 13.6. The van der Waals surface area contributed by atoms with Gasteiger partial charge in [0.2, 0.25) is 0 Å². The summed E-state index contributed by atoms with van der Waals surface area (Å²) in [7, 11) is 1.81. The summed E-state index contributed by atoms with van der Waals surface area (Å²) >= 11 is 1.50. The molecule has 1 heterocycles. The molecule has 1 N–H and O–H groups in total. The Kier molecular flexibility index (Phi) is 4.55. The molecule has 0 spiro atoms. The predicted octanol–water partition coefficient (Wildman–Crippen LogP) is 1.59. The molecule has 0 bridgehead atoms. The lowest BCUT2D eigenvalue weighted by Gasteiger charge is -2.04. The number of aromatic nitrogens is 3. The standard InChI is InChI=1S/C13H12FN3OS/c1-17-13(15-9-16-17)19-8-11-4-5-12(14)7-10(11)3-2-6-18/h4-5,7,9,18H,6,8H2,1H3. The van der Waals surface area contributed by atoms with Crippen LogP contribution in [0.25, 0.3) is 0 Å². The van der Waals surface area contributed by atoms with Gasteiger partial charge in [-0.05, 0) is 17.7 Å². The molecule has 0 saturated carbocycles. The van der Waals surface area contributed by atoms with Crippen molar-refractivity contribution in [3.63, 3.8) is 0 Å². The van der Waals surface area contributed by atoms with Crippen molar-refractivity contribution < 1.29 is 9.50 Å². The fourth-order valence-electron chi connectivity index (χ4n) is 1.48. The molecule has 0 unspecified atom stereocenters. The third-order valence-electron chi connectivity index (χ3n) is 2.40. The summed E-state index contributed by atoms with van der Waals surface area (Å²) < 4.78 is 14.9. The van der Waals surface area contributed by atoms with Crippen LogP contribution in [0.3, 0.4) is 0 Å². The molecule has 6 heteroatoms. The number of aryl methyl sites for hydroxylation is 1. The zero-order valence-electron chi connectivity index (χ0n) is 10.3. The molecule has 98 valence electrons. The van der Waals surface area contributed by atoms with Gasteiger partial charge in [-0.1, -0.05) is 29.7 Å². The summed E-state index contributed by atoms with van der Waals surface area (Å²) in [6.45, 7) is -0.244. The van der Waals surface area contributed by atoms with Gasteiger partial charge in [-0.3, -0.25) is 0 Å². The Labute approximate surface area is 114 Å².